The number of halogens is 3. The summed E-state index contributed by atoms with van der Waals surface area (Å²) in [7, 11) is 2.87. The smallest absolute Gasteiger partial charge is 0.416 e. The van der Waals surface area contributed by atoms with E-state index >= 15 is 0 Å². The molecule has 0 unspecified atom stereocenters. The van der Waals surface area contributed by atoms with Gasteiger partial charge in [0.25, 0.3) is 5.91 Å². The monoisotopic (exact) mass is 406 g/mol. The molecule has 0 fully saturated rings. The van der Waals surface area contributed by atoms with Crippen molar-refractivity contribution in [1.29, 1.82) is 0 Å². The van der Waals surface area contributed by atoms with E-state index in [4.69, 9.17) is 9.47 Å². The Hall–Kier alpha value is -3.56. The number of hydrogen-bond donors (Lipinski definition) is 1. The van der Waals surface area contributed by atoms with Gasteiger partial charge in [0, 0.05) is 0 Å². The molecule has 29 heavy (non-hydrogen) atoms. The van der Waals surface area contributed by atoms with Gasteiger partial charge in [-0.05, 0) is 29.8 Å². The molecule has 0 saturated carbocycles. The molecule has 0 atom stereocenters. The molecule has 0 bridgehead atoms. The topological polar surface area (TPSA) is 78.3 Å². The molecular weight excluding hydrogens is 389 g/mol. The second kappa shape index (κ2) is 8.21. The number of alkyl halides is 3. The van der Waals surface area contributed by atoms with Gasteiger partial charge < -0.3 is 9.47 Å². The molecule has 0 spiro atoms. The highest BCUT2D eigenvalue weighted by Gasteiger charge is 2.30. The Balaban J connectivity index is 1.74. The number of nitrogens with one attached hydrogen (secondary N) is 1. The van der Waals surface area contributed by atoms with Crippen molar-refractivity contribution in [1.82, 2.24) is 14.8 Å². The van der Waals surface area contributed by atoms with Gasteiger partial charge in [-0.3, -0.25) is 10.1 Å². The lowest BCUT2D eigenvalue weighted by Gasteiger charge is -2.11. The summed E-state index contributed by atoms with van der Waals surface area (Å²) in [4.78, 5) is 16.5. The van der Waals surface area contributed by atoms with E-state index in [0.29, 0.717) is 11.3 Å². The molecular formula is C19H17F3N4O3. The van der Waals surface area contributed by atoms with Gasteiger partial charge in [-0.25, -0.2) is 9.67 Å². The van der Waals surface area contributed by atoms with Gasteiger partial charge in [0.1, 0.15) is 6.33 Å². The van der Waals surface area contributed by atoms with Crippen molar-refractivity contribution in [3.63, 3.8) is 0 Å². The lowest BCUT2D eigenvalue weighted by Crippen LogP contribution is -2.15. The van der Waals surface area contributed by atoms with Crippen LogP contribution in [-0.2, 0) is 12.7 Å². The Bertz CT molecular complexity index is 1020. The van der Waals surface area contributed by atoms with E-state index in [1.54, 1.807) is 24.3 Å². The summed E-state index contributed by atoms with van der Waals surface area (Å²) >= 11 is 0. The number of hydrogen-bond acceptors (Lipinski definition) is 5. The van der Waals surface area contributed by atoms with E-state index in [-0.39, 0.29) is 23.8 Å². The van der Waals surface area contributed by atoms with Crippen molar-refractivity contribution in [3.05, 3.63) is 65.5 Å². The van der Waals surface area contributed by atoms with Gasteiger partial charge in [0.15, 0.2) is 11.5 Å². The quantitative estimate of drug-likeness (QED) is 0.677. The van der Waals surface area contributed by atoms with Crippen LogP contribution in [0.25, 0.3) is 0 Å². The van der Waals surface area contributed by atoms with Crippen LogP contribution in [0.1, 0.15) is 21.5 Å². The zero-order valence-corrected chi connectivity index (χ0v) is 15.5. The predicted molar refractivity (Wildman–Crippen MR) is 98.1 cm³/mol. The van der Waals surface area contributed by atoms with E-state index < -0.39 is 17.6 Å². The highest BCUT2D eigenvalue weighted by atomic mass is 19.4. The Kier molecular flexibility index (Phi) is 5.71. The van der Waals surface area contributed by atoms with E-state index in [1.807, 2.05) is 0 Å². The summed E-state index contributed by atoms with van der Waals surface area (Å²) in [6.07, 6.45) is -3.11. The molecule has 0 saturated heterocycles. The SMILES string of the molecule is COc1cccc(C(=O)Nc2ncn(Cc3cccc(C(F)(F)F)c3)n2)c1OC. The second-order valence-electron chi connectivity index (χ2n) is 5.96. The number of ether oxygens (including phenoxy) is 2. The van der Waals surface area contributed by atoms with Gasteiger partial charge in [-0.1, -0.05) is 18.2 Å². The summed E-state index contributed by atoms with van der Waals surface area (Å²) < 4.78 is 50.2. The molecule has 1 amide bonds. The Morgan fingerprint density at radius 3 is 2.59 bits per heavy atom. The number of para-hydroxylation sites is 1. The first-order valence-electron chi connectivity index (χ1n) is 8.39. The highest BCUT2D eigenvalue weighted by molar-refractivity contribution is 6.05. The molecule has 0 aliphatic heterocycles. The van der Waals surface area contributed by atoms with Crippen molar-refractivity contribution in [2.24, 2.45) is 0 Å². The largest absolute Gasteiger partial charge is 0.493 e. The van der Waals surface area contributed by atoms with Gasteiger partial charge in [-0.2, -0.15) is 13.2 Å². The van der Waals surface area contributed by atoms with Crippen molar-refractivity contribution in [3.8, 4) is 11.5 Å². The molecule has 10 heteroatoms. The Morgan fingerprint density at radius 1 is 1.14 bits per heavy atom. The molecule has 152 valence electrons. The third-order valence-electron chi connectivity index (χ3n) is 4.01. The number of rotatable bonds is 6. The van der Waals surface area contributed by atoms with Crippen LogP contribution in [0.2, 0.25) is 0 Å². The fraction of sp³-hybridized carbons (Fsp3) is 0.211. The van der Waals surface area contributed by atoms with Crippen LogP contribution in [0.5, 0.6) is 11.5 Å². The van der Waals surface area contributed by atoms with E-state index in [2.05, 4.69) is 15.4 Å². The van der Waals surface area contributed by atoms with E-state index in [0.717, 1.165) is 12.1 Å². The molecule has 0 radical (unpaired) electrons. The lowest BCUT2D eigenvalue weighted by atomic mass is 10.1. The maximum Gasteiger partial charge on any atom is 0.416 e. The first-order chi connectivity index (χ1) is 13.8. The minimum atomic E-state index is -4.42. The number of aromatic nitrogens is 3. The molecule has 1 heterocycles. The summed E-state index contributed by atoms with van der Waals surface area (Å²) in [6.45, 7) is 0.0648. The van der Waals surface area contributed by atoms with Gasteiger partial charge >= 0.3 is 6.18 Å². The molecule has 2 aromatic carbocycles. The normalized spacial score (nSPS) is 11.2. The maximum absolute atomic E-state index is 12.8. The number of benzene rings is 2. The maximum atomic E-state index is 12.8. The third-order valence-corrected chi connectivity index (χ3v) is 4.01. The Labute approximate surface area is 164 Å². The molecule has 1 N–H and O–H groups in total. The molecule has 3 aromatic rings. The van der Waals surface area contributed by atoms with Crippen molar-refractivity contribution >= 4 is 11.9 Å². The zero-order chi connectivity index (χ0) is 21.0. The Morgan fingerprint density at radius 2 is 1.90 bits per heavy atom. The number of amides is 1. The summed E-state index contributed by atoms with van der Waals surface area (Å²) in [6, 6.07) is 9.76. The average molecular weight is 406 g/mol. The highest BCUT2D eigenvalue weighted by Crippen LogP contribution is 2.31. The molecule has 7 nitrogen and oxygen atoms in total. The second-order valence-corrected chi connectivity index (χ2v) is 5.96. The predicted octanol–water partition coefficient (Wildman–Crippen LogP) is 3.61. The van der Waals surface area contributed by atoms with Crippen LogP contribution in [-0.4, -0.2) is 34.9 Å². The fourth-order valence-corrected chi connectivity index (χ4v) is 2.70. The minimum absolute atomic E-state index is 0.00634. The van der Waals surface area contributed by atoms with Gasteiger partial charge in [0.05, 0.1) is 31.9 Å². The van der Waals surface area contributed by atoms with Gasteiger partial charge in [-0.15, -0.1) is 5.10 Å². The lowest BCUT2D eigenvalue weighted by molar-refractivity contribution is -0.137. The van der Waals surface area contributed by atoms with E-state index in [1.165, 1.54) is 31.3 Å². The van der Waals surface area contributed by atoms with E-state index in [9.17, 15) is 18.0 Å². The summed E-state index contributed by atoms with van der Waals surface area (Å²) in [5.41, 5.74) is -0.119. The molecule has 3 rings (SSSR count). The average Bonchev–Trinajstić information content (AvgIpc) is 3.13. The van der Waals surface area contributed by atoms with Crippen molar-refractivity contribution in [2.45, 2.75) is 12.7 Å². The van der Waals surface area contributed by atoms with Crippen LogP contribution in [0.4, 0.5) is 19.1 Å². The van der Waals surface area contributed by atoms with Crippen molar-refractivity contribution in [2.75, 3.05) is 19.5 Å². The fourth-order valence-electron chi connectivity index (χ4n) is 2.70. The first kappa shape index (κ1) is 20.2. The number of carbonyl (C=O) groups excluding carboxylic acids is 1. The van der Waals surface area contributed by atoms with Crippen LogP contribution < -0.4 is 14.8 Å². The molecule has 1 aromatic heterocycles. The number of anilines is 1. The molecule has 0 aliphatic rings. The number of methoxy groups -OCH3 is 2. The zero-order valence-electron chi connectivity index (χ0n) is 15.5. The number of nitrogens with zero attached hydrogens (tertiary/aromatic N) is 3. The standard InChI is InChI=1S/C19H17F3N4O3/c1-28-15-8-4-7-14(16(15)29-2)17(27)24-18-23-11-26(25-18)10-12-5-3-6-13(9-12)19(20,21)22/h3-9,11H,10H2,1-2H3,(H,24,25,27). The van der Waals surface area contributed by atoms with Crippen LogP contribution >= 0.6 is 0 Å². The van der Waals surface area contributed by atoms with Crippen LogP contribution in [0, 0.1) is 0 Å². The van der Waals surface area contributed by atoms with Gasteiger partial charge in [0.2, 0.25) is 5.95 Å². The minimum Gasteiger partial charge on any atom is -0.493 e. The van der Waals surface area contributed by atoms with Crippen molar-refractivity contribution < 1.29 is 27.4 Å². The van der Waals surface area contributed by atoms with Crippen LogP contribution in [0.15, 0.2) is 48.8 Å². The molecule has 0 aliphatic carbocycles. The van der Waals surface area contributed by atoms with Crippen LogP contribution in [0.3, 0.4) is 0 Å². The first-order valence-corrected chi connectivity index (χ1v) is 8.39. The summed E-state index contributed by atoms with van der Waals surface area (Å²) in [5, 5.41) is 6.61. The third kappa shape index (κ3) is 4.65. The number of carbonyl (C=O) groups is 1. The summed E-state index contributed by atoms with van der Waals surface area (Å²) in [5.74, 6) is 0.142.